The predicted octanol–water partition coefficient (Wildman–Crippen LogP) is 1.99. The molecule has 0 bridgehead atoms. The zero-order valence-electron chi connectivity index (χ0n) is 17.3. The molecule has 2 amide bonds. The monoisotopic (exact) mass is 458 g/mol. The third-order valence-electron chi connectivity index (χ3n) is 5.19. The van der Waals surface area contributed by atoms with Crippen molar-refractivity contribution < 1.29 is 18.4 Å². The number of primary amides is 1. The quantitative estimate of drug-likeness (QED) is 0.514. The molecule has 0 spiro atoms. The first-order valence-corrected chi connectivity index (χ1v) is 11.2. The molecule has 3 heterocycles. The van der Waals surface area contributed by atoms with E-state index in [1.165, 1.54) is 30.2 Å². The largest absolute Gasteiger partial charge is 0.461 e. The number of aromatic nitrogens is 3. The van der Waals surface area contributed by atoms with Crippen LogP contribution in [-0.4, -0.2) is 63.4 Å². The Kier molecular flexibility index (Phi) is 6.74. The smallest absolute Gasteiger partial charge is 0.233 e. The molecule has 1 fully saturated rings. The van der Waals surface area contributed by atoms with Crippen molar-refractivity contribution in [3.05, 3.63) is 48.5 Å². The first kappa shape index (κ1) is 21.9. The van der Waals surface area contributed by atoms with Crippen molar-refractivity contribution in [2.45, 2.75) is 18.1 Å². The average Bonchev–Trinajstić information content (AvgIpc) is 3.46. The molecule has 168 valence electrons. The van der Waals surface area contributed by atoms with Crippen molar-refractivity contribution in [3.8, 4) is 11.6 Å². The summed E-state index contributed by atoms with van der Waals surface area (Å²) in [6, 6.07) is 9.87. The lowest BCUT2D eigenvalue weighted by molar-refractivity contribution is -0.128. The van der Waals surface area contributed by atoms with Crippen LogP contribution < -0.4 is 10.6 Å². The minimum absolute atomic E-state index is 0.00208. The molecule has 1 saturated heterocycles. The standard InChI is InChI=1S/C21H23FN6O3S/c22-15-3-5-16(6-4-15)26-9-11-27(12-10-26)19(30)14-32-21-25-24-20(17-2-1-13-31-17)28(21)8-7-18(23)29/h1-6,13H,7-12,14H2,(H2,23,29). The summed E-state index contributed by atoms with van der Waals surface area (Å²) >= 11 is 1.27. The Labute approximate surface area is 188 Å². The number of thioether (sulfide) groups is 1. The van der Waals surface area contributed by atoms with Crippen LogP contribution in [0.2, 0.25) is 0 Å². The lowest BCUT2D eigenvalue weighted by Gasteiger charge is -2.36. The van der Waals surface area contributed by atoms with Crippen molar-refractivity contribution in [1.29, 1.82) is 0 Å². The van der Waals surface area contributed by atoms with Gasteiger partial charge < -0.3 is 20.0 Å². The predicted molar refractivity (Wildman–Crippen MR) is 117 cm³/mol. The number of hydrogen-bond acceptors (Lipinski definition) is 7. The normalized spacial score (nSPS) is 14.0. The topological polar surface area (TPSA) is 110 Å². The van der Waals surface area contributed by atoms with E-state index in [2.05, 4.69) is 15.1 Å². The molecule has 9 nitrogen and oxygen atoms in total. The summed E-state index contributed by atoms with van der Waals surface area (Å²) in [5.74, 6) is 0.506. The van der Waals surface area contributed by atoms with Crippen LogP contribution in [0.5, 0.6) is 0 Å². The first-order valence-electron chi connectivity index (χ1n) is 10.2. The summed E-state index contributed by atoms with van der Waals surface area (Å²) < 4.78 is 20.3. The molecule has 0 atom stereocenters. The Morgan fingerprint density at radius 3 is 2.50 bits per heavy atom. The lowest BCUT2D eigenvalue weighted by Crippen LogP contribution is -2.49. The number of anilines is 1. The van der Waals surface area contributed by atoms with Crippen molar-refractivity contribution in [2.75, 3.05) is 36.8 Å². The highest BCUT2D eigenvalue weighted by molar-refractivity contribution is 7.99. The molecular weight excluding hydrogens is 435 g/mol. The molecule has 1 aliphatic rings. The minimum Gasteiger partial charge on any atom is -0.461 e. The molecule has 11 heteroatoms. The van der Waals surface area contributed by atoms with Crippen LogP contribution in [0.25, 0.3) is 11.6 Å². The molecule has 32 heavy (non-hydrogen) atoms. The van der Waals surface area contributed by atoms with Gasteiger partial charge in [0.15, 0.2) is 16.7 Å². The van der Waals surface area contributed by atoms with Gasteiger partial charge in [-0.15, -0.1) is 10.2 Å². The van der Waals surface area contributed by atoms with E-state index in [1.807, 2.05) is 4.90 Å². The molecule has 4 rings (SSSR count). The summed E-state index contributed by atoms with van der Waals surface area (Å²) in [6.07, 6.45) is 1.66. The third kappa shape index (κ3) is 5.10. The van der Waals surface area contributed by atoms with Crippen molar-refractivity contribution in [3.63, 3.8) is 0 Å². The highest BCUT2D eigenvalue weighted by atomic mass is 32.2. The second-order valence-electron chi connectivity index (χ2n) is 7.28. The molecule has 2 aromatic heterocycles. The number of nitrogens with zero attached hydrogens (tertiary/aromatic N) is 5. The number of rotatable bonds is 8. The second kappa shape index (κ2) is 9.86. The van der Waals surface area contributed by atoms with Gasteiger partial charge in [0.2, 0.25) is 11.8 Å². The van der Waals surface area contributed by atoms with E-state index in [-0.39, 0.29) is 23.9 Å². The molecule has 0 radical (unpaired) electrons. The summed E-state index contributed by atoms with van der Waals surface area (Å²) in [6.45, 7) is 2.83. The molecule has 0 unspecified atom stereocenters. The summed E-state index contributed by atoms with van der Waals surface area (Å²) in [7, 11) is 0. The number of hydrogen-bond donors (Lipinski definition) is 1. The molecule has 1 aliphatic heterocycles. The van der Waals surface area contributed by atoms with Gasteiger partial charge in [-0.05, 0) is 36.4 Å². The SMILES string of the molecule is NC(=O)CCn1c(SCC(=O)N2CCN(c3ccc(F)cc3)CC2)nnc1-c1ccco1. The summed E-state index contributed by atoms with van der Waals surface area (Å²) in [4.78, 5) is 28.0. The Hall–Kier alpha value is -3.34. The van der Waals surface area contributed by atoms with E-state index >= 15 is 0 Å². The van der Waals surface area contributed by atoms with E-state index in [1.54, 1.807) is 28.8 Å². The number of halogens is 1. The van der Waals surface area contributed by atoms with E-state index in [9.17, 15) is 14.0 Å². The van der Waals surface area contributed by atoms with Crippen LogP contribution in [0.1, 0.15) is 6.42 Å². The highest BCUT2D eigenvalue weighted by Gasteiger charge is 2.23. The molecule has 1 aromatic carbocycles. The number of nitrogens with two attached hydrogens (primary N) is 1. The number of carbonyl (C=O) groups excluding carboxylic acids is 2. The zero-order valence-corrected chi connectivity index (χ0v) is 18.1. The molecule has 0 aliphatic carbocycles. The zero-order chi connectivity index (χ0) is 22.5. The molecule has 2 N–H and O–H groups in total. The van der Waals surface area contributed by atoms with Gasteiger partial charge in [0.05, 0.1) is 12.0 Å². The second-order valence-corrected chi connectivity index (χ2v) is 8.23. The van der Waals surface area contributed by atoms with Crippen molar-refractivity contribution >= 4 is 29.3 Å². The Balaban J connectivity index is 1.35. The van der Waals surface area contributed by atoms with Crippen molar-refractivity contribution in [1.82, 2.24) is 19.7 Å². The number of furan rings is 1. The van der Waals surface area contributed by atoms with Gasteiger partial charge in [-0.2, -0.15) is 0 Å². The minimum atomic E-state index is -0.435. The Morgan fingerprint density at radius 2 is 1.84 bits per heavy atom. The van der Waals surface area contributed by atoms with Crippen LogP contribution in [0, 0.1) is 5.82 Å². The van der Waals surface area contributed by atoms with Crippen LogP contribution in [0.15, 0.2) is 52.2 Å². The van der Waals surface area contributed by atoms with Crippen LogP contribution >= 0.6 is 11.8 Å². The van der Waals surface area contributed by atoms with Gasteiger partial charge in [-0.25, -0.2) is 4.39 Å². The van der Waals surface area contributed by atoms with Crippen LogP contribution in [0.4, 0.5) is 10.1 Å². The number of piperazine rings is 1. The summed E-state index contributed by atoms with van der Waals surface area (Å²) in [5, 5.41) is 8.87. The lowest BCUT2D eigenvalue weighted by atomic mass is 10.2. The number of benzene rings is 1. The molecular formula is C21H23FN6O3S. The van der Waals surface area contributed by atoms with Crippen LogP contribution in [0.3, 0.4) is 0 Å². The maximum Gasteiger partial charge on any atom is 0.233 e. The maximum absolute atomic E-state index is 13.1. The number of amides is 2. The Bertz CT molecular complexity index is 1060. The van der Waals surface area contributed by atoms with E-state index < -0.39 is 5.91 Å². The van der Waals surface area contributed by atoms with E-state index in [0.29, 0.717) is 49.5 Å². The summed E-state index contributed by atoms with van der Waals surface area (Å²) in [5.41, 5.74) is 6.25. The third-order valence-corrected chi connectivity index (χ3v) is 6.14. The molecule has 0 saturated carbocycles. The van der Waals surface area contributed by atoms with E-state index in [0.717, 1.165) is 5.69 Å². The van der Waals surface area contributed by atoms with Gasteiger partial charge in [-0.1, -0.05) is 11.8 Å². The highest BCUT2D eigenvalue weighted by Crippen LogP contribution is 2.25. The van der Waals surface area contributed by atoms with Gasteiger partial charge in [-0.3, -0.25) is 14.2 Å². The average molecular weight is 459 g/mol. The van der Waals surface area contributed by atoms with Gasteiger partial charge in [0.1, 0.15) is 5.82 Å². The molecule has 3 aromatic rings. The number of carbonyl (C=O) groups is 2. The van der Waals surface area contributed by atoms with Crippen molar-refractivity contribution in [2.24, 2.45) is 5.73 Å². The maximum atomic E-state index is 13.1. The fourth-order valence-corrected chi connectivity index (χ4v) is 4.36. The van der Waals surface area contributed by atoms with Crippen LogP contribution in [-0.2, 0) is 16.1 Å². The fourth-order valence-electron chi connectivity index (χ4n) is 3.49. The van der Waals surface area contributed by atoms with Gasteiger partial charge in [0, 0.05) is 44.8 Å². The first-order chi connectivity index (χ1) is 15.5. The van der Waals surface area contributed by atoms with E-state index in [4.69, 9.17) is 10.2 Å². The van der Waals surface area contributed by atoms with Gasteiger partial charge >= 0.3 is 0 Å². The fraction of sp³-hybridized carbons (Fsp3) is 0.333. The van der Waals surface area contributed by atoms with Gasteiger partial charge in [0.25, 0.3) is 0 Å². The Morgan fingerprint density at radius 1 is 1.09 bits per heavy atom.